The summed E-state index contributed by atoms with van der Waals surface area (Å²) < 4.78 is 7.24. The maximum absolute atomic E-state index is 11.7. The Morgan fingerprint density at radius 2 is 1.93 bits per heavy atom. The second kappa shape index (κ2) is 7.74. The lowest BCUT2D eigenvalue weighted by molar-refractivity contribution is -0.139. The lowest BCUT2D eigenvalue weighted by Crippen LogP contribution is -2.13. The molecule has 0 unspecified atom stereocenters. The predicted molar refractivity (Wildman–Crippen MR) is 99.2 cm³/mol. The SMILES string of the molecule is Cc1c(NC(=O)C=O)c2c(OCC(=O)O)cccn2c1Cc1ccccc1. The second-order valence-electron chi connectivity index (χ2n) is 5.99. The second-order valence-corrected chi connectivity index (χ2v) is 5.99. The summed E-state index contributed by atoms with van der Waals surface area (Å²) in [6, 6.07) is 13.2. The fourth-order valence-electron chi connectivity index (χ4n) is 3.03. The van der Waals surface area contributed by atoms with Gasteiger partial charge in [0, 0.05) is 18.3 Å². The molecular weight excluding hydrogens is 348 g/mol. The average Bonchev–Trinajstić information content (AvgIpc) is 2.93. The minimum atomic E-state index is -1.11. The molecule has 2 heterocycles. The van der Waals surface area contributed by atoms with Crippen molar-refractivity contribution in [1.29, 1.82) is 0 Å². The smallest absolute Gasteiger partial charge is 0.341 e. The van der Waals surface area contributed by atoms with Crippen molar-refractivity contribution in [3.63, 3.8) is 0 Å². The Morgan fingerprint density at radius 1 is 1.19 bits per heavy atom. The number of amides is 1. The first-order valence-corrected chi connectivity index (χ1v) is 8.28. The third kappa shape index (κ3) is 3.82. The first-order chi connectivity index (χ1) is 13.0. The molecule has 7 heteroatoms. The van der Waals surface area contributed by atoms with E-state index in [0.717, 1.165) is 16.8 Å². The normalized spacial score (nSPS) is 10.6. The minimum Gasteiger partial charge on any atom is -0.480 e. The molecule has 0 radical (unpaired) electrons. The van der Waals surface area contributed by atoms with Crippen LogP contribution in [0.4, 0.5) is 5.69 Å². The number of nitrogens with one attached hydrogen (secondary N) is 1. The lowest BCUT2D eigenvalue weighted by atomic mass is 10.1. The van der Waals surface area contributed by atoms with Crippen molar-refractivity contribution in [1.82, 2.24) is 4.40 Å². The number of pyridine rings is 1. The van der Waals surface area contributed by atoms with E-state index in [9.17, 15) is 14.4 Å². The van der Waals surface area contributed by atoms with Gasteiger partial charge in [0.2, 0.25) is 6.29 Å². The molecule has 1 amide bonds. The van der Waals surface area contributed by atoms with Crippen LogP contribution < -0.4 is 10.1 Å². The van der Waals surface area contributed by atoms with Gasteiger partial charge < -0.3 is 19.6 Å². The van der Waals surface area contributed by atoms with Crippen molar-refractivity contribution >= 4 is 29.4 Å². The average molecular weight is 366 g/mol. The molecule has 3 rings (SSSR count). The maximum Gasteiger partial charge on any atom is 0.341 e. The zero-order valence-electron chi connectivity index (χ0n) is 14.6. The summed E-state index contributed by atoms with van der Waals surface area (Å²) in [5.41, 5.74) is 3.69. The van der Waals surface area contributed by atoms with Crippen molar-refractivity contribution < 1.29 is 24.2 Å². The van der Waals surface area contributed by atoms with E-state index in [1.165, 1.54) is 0 Å². The Bertz CT molecular complexity index is 1010. The molecule has 1 aromatic carbocycles. The number of rotatable bonds is 7. The third-order valence-corrected chi connectivity index (χ3v) is 4.21. The van der Waals surface area contributed by atoms with Crippen molar-refractivity contribution in [3.8, 4) is 5.75 Å². The van der Waals surface area contributed by atoms with Crippen LogP contribution >= 0.6 is 0 Å². The summed E-state index contributed by atoms with van der Waals surface area (Å²) in [6.07, 6.45) is 2.60. The Morgan fingerprint density at radius 3 is 2.59 bits per heavy atom. The van der Waals surface area contributed by atoms with E-state index in [-0.39, 0.29) is 6.29 Å². The monoisotopic (exact) mass is 366 g/mol. The summed E-state index contributed by atoms with van der Waals surface area (Å²) in [4.78, 5) is 33.4. The highest BCUT2D eigenvalue weighted by Gasteiger charge is 2.20. The molecule has 0 bridgehead atoms. The van der Waals surface area contributed by atoms with Crippen molar-refractivity contribution in [2.45, 2.75) is 13.3 Å². The Kier molecular flexibility index (Phi) is 5.21. The summed E-state index contributed by atoms with van der Waals surface area (Å²) in [5, 5.41) is 11.5. The zero-order valence-corrected chi connectivity index (χ0v) is 14.6. The first-order valence-electron chi connectivity index (χ1n) is 8.28. The van der Waals surface area contributed by atoms with Gasteiger partial charge >= 0.3 is 5.97 Å². The van der Waals surface area contributed by atoms with Gasteiger partial charge in [0.1, 0.15) is 11.3 Å². The van der Waals surface area contributed by atoms with E-state index in [2.05, 4.69) is 5.32 Å². The molecule has 27 heavy (non-hydrogen) atoms. The number of nitrogens with zero attached hydrogens (tertiary/aromatic N) is 1. The molecular formula is C20H18N2O5. The summed E-state index contributed by atoms with van der Waals surface area (Å²) in [7, 11) is 0. The van der Waals surface area contributed by atoms with Gasteiger partial charge in [-0.15, -0.1) is 0 Å². The van der Waals surface area contributed by atoms with Gasteiger partial charge in [0.25, 0.3) is 5.91 Å². The predicted octanol–water partition coefficient (Wildman–Crippen LogP) is 2.44. The van der Waals surface area contributed by atoms with Crippen LogP contribution in [0.3, 0.4) is 0 Å². The van der Waals surface area contributed by atoms with Gasteiger partial charge in [-0.25, -0.2) is 4.79 Å². The quantitative estimate of drug-likeness (QED) is 0.494. The molecule has 0 atom stereocenters. The van der Waals surface area contributed by atoms with Crippen molar-refractivity contribution in [2.75, 3.05) is 11.9 Å². The van der Waals surface area contributed by atoms with Crippen LogP contribution in [0.1, 0.15) is 16.8 Å². The van der Waals surface area contributed by atoms with Crippen LogP contribution in [0.25, 0.3) is 5.52 Å². The number of anilines is 1. The van der Waals surface area contributed by atoms with Crippen LogP contribution in [-0.2, 0) is 20.8 Å². The Labute approximate surface area is 155 Å². The number of carboxylic acid groups (broad SMARTS) is 1. The summed E-state index contributed by atoms with van der Waals surface area (Å²) >= 11 is 0. The van der Waals surface area contributed by atoms with Crippen molar-refractivity contribution in [3.05, 3.63) is 65.5 Å². The van der Waals surface area contributed by atoms with Gasteiger partial charge in [-0.1, -0.05) is 30.3 Å². The highest BCUT2D eigenvalue weighted by Crippen LogP contribution is 2.35. The molecule has 0 aliphatic carbocycles. The highest BCUT2D eigenvalue weighted by molar-refractivity contribution is 6.30. The molecule has 0 spiro atoms. The van der Waals surface area contributed by atoms with Crippen LogP contribution in [0.15, 0.2) is 48.7 Å². The van der Waals surface area contributed by atoms with E-state index in [1.807, 2.05) is 47.9 Å². The van der Waals surface area contributed by atoms with E-state index in [0.29, 0.717) is 23.4 Å². The van der Waals surface area contributed by atoms with Crippen LogP contribution in [-0.4, -0.2) is 34.3 Å². The topological polar surface area (TPSA) is 97.1 Å². The van der Waals surface area contributed by atoms with Crippen molar-refractivity contribution in [2.24, 2.45) is 0 Å². The number of aromatic nitrogens is 1. The molecule has 0 fully saturated rings. The number of aldehydes is 1. The van der Waals surface area contributed by atoms with E-state index in [1.54, 1.807) is 12.1 Å². The largest absolute Gasteiger partial charge is 0.480 e. The number of carboxylic acids is 1. The number of carbonyl (C=O) groups is 3. The van der Waals surface area contributed by atoms with Crippen LogP contribution in [0.2, 0.25) is 0 Å². The lowest BCUT2D eigenvalue weighted by Gasteiger charge is -2.09. The van der Waals surface area contributed by atoms with Gasteiger partial charge in [0.15, 0.2) is 6.61 Å². The molecule has 3 aromatic rings. The highest BCUT2D eigenvalue weighted by atomic mass is 16.5. The van der Waals surface area contributed by atoms with Crippen LogP contribution in [0.5, 0.6) is 5.75 Å². The zero-order chi connectivity index (χ0) is 19.4. The Hall–Kier alpha value is -3.61. The number of ether oxygens (including phenoxy) is 1. The Balaban J connectivity index is 2.16. The van der Waals surface area contributed by atoms with Gasteiger partial charge in [-0.3, -0.25) is 9.59 Å². The fraction of sp³-hybridized carbons (Fsp3) is 0.150. The van der Waals surface area contributed by atoms with Gasteiger partial charge in [-0.2, -0.15) is 0 Å². The number of carbonyl (C=O) groups excluding carboxylic acids is 2. The number of hydrogen-bond acceptors (Lipinski definition) is 4. The molecule has 138 valence electrons. The fourth-order valence-corrected chi connectivity index (χ4v) is 3.03. The van der Waals surface area contributed by atoms with Gasteiger partial charge in [-0.05, 0) is 30.2 Å². The third-order valence-electron chi connectivity index (χ3n) is 4.21. The summed E-state index contributed by atoms with van der Waals surface area (Å²) in [5.74, 6) is -1.59. The number of fused-ring (bicyclic) bond motifs is 1. The molecule has 0 saturated heterocycles. The maximum atomic E-state index is 11.7. The molecule has 2 N–H and O–H groups in total. The minimum absolute atomic E-state index is 0.195. The molecule has 0 saturated carbocycles. The summed E-state index contributed by atoms with van der Waals surface area (Å²) in [6.45, 7) is 1.33. The van der Waals surface area contributed by atoms with E-state index in [4.69, 9.17) is 9.84 Å². The van der Waals surface area contributed by atoms with E-state index < -0.39 is 18.5 Å². The standard InChI is InChI=1S/C20H18N2O5/c1-13-15(10-14-6-3-2-4-7-14)22-9-5-8-16(27-12-18(25)26)20(22)19(13)21-17(24)11-23/h2-9,11H,10,12H2,1H3,(H,21,24)(H,25,26). The number of hydrogen-bond donors (Lipinski definition) is 2. The molecule has 0 aliphatic heterocycles. The van der Waals surface area contributed by atoms with E-state index >= 15 is 0 Å². The van der Waals surface area contributed by atoms with Gasteiger partial charge in [0.05, 0.1) is 5.69 Å². The first kappa shape index (κ1) is 18.2. The van der Waals surface area contributed by atoms with Crippen LogP contribution in [0, 0.1) is 6.92 Å². The molecule has 0 aliphatic rings. The molecule has 2 aromatic heterocycles. The molecule has 7 nitrogen and oxygen atoms in total. The number of aliphatic carboxylic acids is 1. The number of benzene rings is 1.